The molecule has 4 nitrogen and oxygen atoms in total. The number of nitrogens with zero attached hydrogens (tertiary/aromatic N) is 2. The van der Waals surface area contributed by atoms with Crippen molar-refractivity contribution in [1.29, 1.82) is 10.5 Å². The van der Waals surface area contributed by atoms with Gasteiger partial charge in [-0.15, -0.1) is 0 Å². The Hall–Kier alpha value is -4.40. The zero-order chi connectivity index (χ0) is 41.0. The fourth-order valence-electron chi connectivity index (χ4n) is 8.51. The Morgan fingerprint density at radius 2 is 0.712 bits per heavy atom. The van der Waals surface area contributed by atoms with Crippen LogP contribution in [0.1, 0.15) is 70.4 Å². The van der Waals surface area contributed by atoms with E-state index in [9.17, 15) is 0 Å². The molecule has 2 heterocycles. The Morgan fingerprint density at radius 3 is 0.983 bits per heavy atom. The van der Waals surface area contributed by atoms with Crippen LogP contribution in [0.3, 0.4) is 0 Å². The van der Waals surface area contributed by atoms with E-state index in [0.29, 0.717) is 12.1 Å². The van der Waals surface area contributed by atoms with E-state index < -0.39 is 15.8 Å². The number of hydrogen-bond acceptors (Lipinski definition) is 4. The smallest absolute Gasteiger partial charge is 0.302 e. The van der Waals surface area contributed by atoms with Crippen LogP contribution in [0.2, 0.25) is 0 Å². The SMILES string of the molecule is CC#N.CC#N.Cc1ccc([PH+](C[C@@H]2Cc3ccccc3[C@@H]([C@H]3N[C@H](C[PH+](c4ccc(C)cc4)c4ccc(C)cc4)Cc4ccccc43)N2)c2ccc(C)cc2)cc1.[Fe+2]. The van der Waals surface area contributed by atoms with Crippen LogP contribution in [-0.4, -0.2) is 24.4 Å². The summed E-state index contributed by atoms with van der Waals surface area (Å²) in [6.07, 6.45) is 4.41. The molecular weight excluding hydrogens is 798 g/mol. The largest absolute Gasteiger partial charge is 2.00 e. The molecular formula is C52H58FeN4P2+4. The van der Waals surface area contributed by atoms with Crippen molar-refractivity contribution >= 4 is 37.1 Å². The zero-order valence-electron chi connectivity index (χ0n) is 35.2. The van der Waals surface area contributed by atoms with Crippen LogP contribution in [0, 0.1) is 50.4 Å². The monoisotopic (exact) mass is 856 g/mol. The normalized spacial score (nSPS) is 17.7. The number of nitrogens with one attached hydrogen (secondary N) is 2. The summed E-state index contributed by atoms with van der Waals surface area (Å²) in [5, 5.41) is 29.3. The van der Waals surface area contributed by atoms with Crippen molar-refractivity contribution in [3.63, 3.8) is 0 Å². The number of nitriles is 2. The van der Waals surface area contributed by atoms with Crippen molar-refractivity contribution in [2.24, 2.45) is 0 Å². The number of benzene rings is 6. The van der Waals surface area contributed by atoms with Gasteiger partial charge in [0, 0.05) is 25.9 Å². The van der Waals surface area contributed by atoms with Crippen molar-refractivity contribution in [1.82, 2.24) is 10.6 Å². The minimum Gasteiger partial charge on any atom is -0.302 e. The van der Waals surface area contributed by atoms with Gasteiger partial charge in [-0.05, 0) is 111 Å². The van der Waals surface area contributed by atoms with E-state index in [1.165, 1.54) is 79.6 Å². The maximum absolute atomic E-state index is 7.32. The van der Waals surface area contributed by atoms with Crippen LogP contribution < -0.4 is 31.9 Å². The average Bonchev–Trinajstić information content (AvgIpc) is 3.23. The van der Waals surface area contributed by atoms with Gasteiger partial charge in [0.15, 0.2) is 0 Å². The van der Waals surface area contributed by atoms with Crippen molar-refractivity contribution in [3.05, 3.63) is 190 Å². The molecule has 0 saturated carbocycles. The third-order valence-electron chi connectivity index (χ3n) is 11.4. The van der Waals surface area contributed by atoms with Gasteiger partial charge in [0.05, 0.1) is 73.6 Å². The molecule has 0 unspecified atom stereocenters. The van der Waals surface area contributed by atoms with Gasteiger partial charge < -0.3 is 10.6 Å². The predicted octanol–water partition coefficient (Wildman–Crippen LogP) is 9.52. The fourth-order valence-corrected chi connectivity index (χ4v) is 13.9. The van der Waals surface area contributed by atoms with Gasteiger partial charge in [-0.2, -0.15) is 10.5 Å². The van der Waals surface area contributed by atoms with Crippen molar-refractivity contribution in [2.45, 2.75) is 78.6 Å². The standard InChI is InChI=1S/C48H50N2P2.2C2H3N.Fe/c1-33-13-21-41(22-14-33)51(42-23-15-34(2)16-24-42)31-39-29-37-9-5-7-11-45(37)47(49-39)48-46-12-8-6-10-38(46)30-40(50-48)32-52(43-25-17-35(3)18-26-43)44-27-19-36(4)20-28-44;2*1-2-3;/h5-28,39-40,47-50H,29-32H2,1-4H3;2*1H3;/q;;;+2/p+2/t39-,40-,47-,48-;;;/m0.../s1. The summed E-state index contributed by atoms with van der Waals surface area (Å²) in [5.41, 5.74) is 11.2. The summed E-state index contributed by atoms with van der Waals surface area (Å²) < 4.78 is 0. The third-order valence-corrected chi connectivity index (χ3v) is 17.3. The molecule has 59 heavy (non-hydrogen) atoms. The maximum atomic E-state index is 7.32. The molecule has 7 heteroatoms. The van der Waals surface area contributed by atoms with Gasteiger partial charge in [0.1, 0.15) is 0 Å². The minimum atomic E-state index is -1.02. The summed E-state index contributed by atoms with van der Waals surface area (Å²) >= 11 is 0. The zero-order valence-corrected chi connectivity index (χ0v) is 38.3. The number of rotatable bonds is 9. The summed E-state index contributed by atoms with van der Waals surface area (Å²) in [6.45, 7) is 11.6. The first kappa shape index (κ1) is 45.7. The van der Waals surface area contributed by atoms with Gasteiger partial charge in [-0.1, -0.05) is 119 Å². The van der Waals surface area contributed by atoms with Gasteiger partial charge in [-0.25, -0.2) is 0 Å². The summed E-state index contributed by atoms with van der Waals surface area (Å²) in [4.78, 5) is 0. The molecule has 0 aliphatic carbocycles. The molecule has 0 bridgehead atoms. The van der Waals surface area contributed by atoms with Gasteiger partial charge in [-0.3, -0.25) is 0 Å². The second-order valence-corrected chi connectivity index (χ2v) is 20.8. The Bertz CT molecular complexity index is 2060. The molecule has 0 fully saturated rings. The first-order valence-corrected chi connectivity index (χ1v) is 23.9. The number of hydrogen-bond donors (Lipinski definition) is 2. The molecule has 6 aromatic rings. The molecule has 0 spiro atoms. The number of aryl methyl sites for hydroxylation is 4. The second kappa shape index (κ2) is 22.3. The molecule has 0 aromatic heterocycles. The molecule has 8 rings (SSSR count). The van der Waals surface area contributed by atoms with E-state index in [-0.39, 0.29) is 29.2 Å². The molecule has 0 saturated heterocycles. The Kier molecular flexibility index (Phi) is 17.2. The molecule has 0 radical (unpaired) electrons. The molecule has 2 aliphatic heterocycles. The second-order valence-electron chi connectivity index (χ2n) is 15.8. The summed E-state index contributed by atoms with van der Waals surface area (Å²) in [5.74, 6) is 0. The van der Waals surface area contributed by atoms with E-state index in [0.717, 1.165) is 25.2 Å². The van der Waals surface area contributed by atoms with E-state index in [1.807, 2.05) is 0 Å². The summed E-state index contributed by atoms with van der Waals surface area (Å²) in [6, 6.07) is 60.7. The Morgan fingerprint density at radius 1 is 0.458 bits per heavy atom. The third kappa shape index (κ3) is 11.9. The molecule has 0 amide bonds. The minimum absolute atomic E-state index is 0. The topological polar surface area (TPSA) is 71.6 Å². The van der Waals surface area contributed by atoms with Crippen LogP contribution in [0.5, 0.6) is 0 Å². The fraction of sp³-hybridized carbons (Fsp3) is 0.269. The van der Waals surface area contributed by atoms with Crippen molar-refractivity contribution < 1.29 is 17.1 Å². The van der Waals surface area contributed by atoms with Gasteiger partial charge in [0.2, 0.25) is 0 Å². The first-order chi connectivity index (χ1) is 28.2. The maximum Gasteiger partial charge on any atom is 2.00 e. The van der Waals surface area contributed by atoms with Gasteiger partial charge in [0.25, 0.3) is 0 Å². The van der Waals surface area contributed by atoms with E-state index in [1.54, 1.807) is 12.1 Å². The molecule has 2 aliphatic rings. The van der Waals surface area contributed by atoms with Crippen molar-refractivity contribution in [3.8, 4) is 12.1 Å². The molecule has 2 N–H and O–H groups in total. The van der Waals surface area contributed by atoms with E-state index >= 15 is 0 Å². The molecule has 4 atom stereocenters. The van der Waals surface area contributed by atoms with Crippen LogP contribution >= 0.6 is 15.8 Å². The van der Waals surface area contributed by atoms with Crippen LogP contribution in [0.15, 0.2) is 146 Å². The Labute approximate surface area is 366 Å². The predicted molar refractivity (Wildman–Crippen MR) is 252 cm³/mol. The van der Waals surface area contributed by atoms with E-state index in [2.05, 4.69) is 184 Å². The van der Waals surface area contributed by atoms with Crippen molar-refractivity contribution in [2.75, 3.05) is 12.3 Å². The quantitative estimate of drug-likeness (QED) is 0.112. The summed E-state index contributed by atoms with van der Waals surface area (Å²) in [7, 11) is -2.04. The first-order valence-electron chi connectivity index (χ1n) is 20.5. The molecule has 6 aromatic carbocycles. The van der Waals surface area contributed by atoms with E-state index in [4.69, 9.17) is 10.5 Å². The average molecular weight is 857 g/mol. The van der Waals surface area contributed by atoms with Crippen LogP contribution in [0.4, 0.5) is 0 Å². The Balaban J connectivity index is 0.000000892. The van der Waals surface area contributed by atoms with Crippen LogP contribution in [0.25, 0.3) is 0 Å². The number of fused-ring (bicyclic) bond motifs is 2. The molecule has 300 valence electrons. The van der Waals surface area contributed by atoms with Gasteiger partial charge >= 0.3 is 17.1 Å². The van der Waals surface area contributed by atoms with Crippen LogP contribution in [-0.2, 0) is 29.9 Å².